The van der Waals surface area contributed by atoms with Crippen LogP contribution in [0.5, 0.6) is 0 Å². The lowest BCUT2D eigenvalue weighted by atomic mass is 10.1. The lowest BCUT2D eigenvalue weighted by Gasteiger charge is -2.04. The number of nitrogens with zero attached hydrogens (tertiary/aromatic N) is 2. The summed E-state index contributed by atoms with van der Waals surface area (Å²) in [4.78, 5) is 4.18. The highest BCUT2D eigenvalue weighted by Gasteiger charge is 2.08. The zero-order chi connectivity index (χ0) is 10.1. The smallest absolute Gasteiger partial charge is 0.101 e. The lowest BCUT2D eigenvalue weighted by Crippen LogP contribution is -1.93. The summed E-state index contributed by atoms with van der Waals surface area (Å²) < 4.78 is 0.687. The van der Waals surface area contributed by atoms with Crippen LogP contribution in [0.25, 0.3) is 10.9 Å². The molecule has 4 heteroatoms. The molecule has 0 radical (unpaired) electrons. The van der Waals surface area contributed by atoms with Crippen molar-refractivity contribution >= 4 is 32.5 Å². The lowest BCUT2D eigenvalue weighted by molar-refractivity contribution is 1.39. The number of aromatic nitrogens is 1. The van der Waals surface area contributed by atoms with Crippen molar-refractivity contribution in [1.29, 1.82) is 5.26 Å². The maximum atomic E-state index is 8.83. The monoisotopic (exact) mass is 247 g/mol. The molecule has 0 bridgehead atoms. The van der Waals surface area contributed by atoms with Crippen LogP contribution in [0.3, 0.4) is 0 Å². The average Bonchev–Trinajstić information content (AvgIpc) is 2.23. The Labute approximate surface area is 89.3 Å². The SMILES string of the molecule is N#Cc1cc2cccnc2c(Br)c1N. The predicted molar refractivity (Wildman–Crippen MR) is 58.6 cm³/mol. The summed E-state index contributed by atoms with van der Waals surface area (Å²) in [6, 6.07) is 7.51. The first kappa shape index (κ1) is 8.97. The fraction of sp³-hybridized carbons (Fsp3) is 0. The molecule has 1 heterocycles. The van der Waals surface area contributed by atoms with E-state index in [-0.39, 0.29) is 0 Å². The molecule has 1 aromatic heterocycles. The Morgan fingerprint density at radius 2 is 2.29 bits per heavy atom. The second-order valence-electron chi connectivity index (χ2n) is 2.84. The summed E-state index contributed by atoms with van der Waals surface area (Å²) in [5, 5.41) is 9.74. The number of nitriles is 1. The number of nitrogens with two attached hydrogens (primary N) is 1. The maximum Gasteiger partial charge on any atom is 0.101 e. The largest absolute Gasteiger partial charge is 0.397 e. The van der Waals surface area contributed by atoms with Crippen LogP contribution in [0.2, 0.25) is 0 Å². The van der Waals surface area contributed by atoms with Gasteiger partial charge in [0.1, 0.15) is 6.07 Å². The van der Waals surface area contributed by atoms with Crippen molar-refractivity contribution < 1.29 is 0 Å². The standard InChI is InChI=1S/C10H6BrN3/c11-8-9(13)7(5-12)4-6-2-1-3-14-10(6)8/h1-4H,13H2. The molecule has 0 atom stereocenters. The van der Waals surface area contributed by atoms with Crippen molar-refractivity contribution in [1.82, 2.24) is 4.98 Å². The van der Waals surface area contributed by atoms with Gasteiger partial charge in [-0.25, -0.2) is 0 Å². The number of benzene rings is 1. The minimum absolute atomic E-state index is 0.443. The zero-order valence-electron chi connectivity index (χ0n) is 7.16. The van der Waals surface area contributed by atoms with Gasteiger partial charge in [-0.1, -0.05) is 6.07 Å². The number of anilines is 1. The van der Waals surface area contributed by atoms with Gasteiger partial charge >= 0.3 is 0 Å². The molecular weight excluding hydrogens is 242 g/mol. The molecule has 0 unspecified atom stereocenters. The van der Waals surface area contributed by atoms with Crippen LogP contribution in [-0.2, 0) is 0 Å². The molecule has 2 aromatic rings. The summed E-state index contributed by atoms with van der Waals surface area (Å²) in [6.07, 6.45) is 1.69. The third kappa shape index (κ3) is 1.22. The first-order valence-corrected chi connectivity index (χ1v) is 4.76. The van der Waals surface area contributed by atoms with E-state index < -0.39 is 0 Å². The van der Waals surface area contributed by atoms with E-state index in [1.165, 1.54) is 0 Å². The highest BCUT2D eigenvalue weighted by atomic mass is 79.9. The zero-order valence-corrected chi connectivity index (χ0v) is 8.75. The summed E-state index contributed by atoms with van der Waals surface area (Å²) in [6.45, 7) is 0. The number of nitrogen functional groups attached to an aromatic ring is 1. The molecule has 0 aliphatic rings. The van der Waals surface area contributed by atoms with E-state index in [4.69, 9.17) is 11.0 Å². The number of fused-ring (bicyclic) bond motifs is 1. The van der Waals surface area contributed by atoms with Crippen molar-refractivity contribution in [2.75, 3.05) is 5.73 Å². The molecular formula is C10H6BrN3. The normalized spacial score (nSPS) is 10.0. The molecule has 0 spiro atoms. The predicted octanol–water partition coefficient (Wildman–Crippen LogP) is 2.45. The van der Waals surface area contributed by atoms with Crippen LogP contribution in [-0.4, -0.2) is 4.98 Å². The number of hydrogen-bond acceptors (Lipinski definition) is 3. The van der Waals surface area contributed by atoms with E-state index >= 15 is 0 Å². The highest BCUT2D eigenvalue weighted by Crippen LogP contribution is 2.30. The molecule has 68 valence electrons. The van der Waals surface area contributed by atoms with Crippen LogP contribution >= 0.6 is 15.9 Å². The number of rotatable bonds is 0. The van der Waals surface area contributed by atoms with Crippen molar-refractivity contribution in [3.8, 4) is 6.07 Å². The van der Waals surface area contributed by atoms with Crippen LogP contribution in [0.4, 0.5) is 5.69 Å². The number of halogens is 1. The van der Waals surface area contributed by atoms with Gasteiger partial charge in [0, 0.05) is 11.6 Å². The van der Waals surface area contributed by atoms with Crippen molar-refractivity contribution in [2.24, 2.45) is 0 Å². The van der Waals surface area contributed by atoms with Gasteiger partial charge in [-0.15, -0.1) is 0 Å². The van der Waals surface area contributed by atoms with E-state index in [1.807, 2.05) is 18.2 Å². The minimum Gasteiger partial charge on any atom is -0.397 e. The molecule has 0 aliphatic carbocycles. The molecule has 0 saturated carbocycles. The molecule has 2 rings (SSSR count). The van der Waals surface area contributed by atoms with Crippen LogP contribution in [0, 0.1) is 11.3 Å². The minimum atomic E-state index is 0.443. The molecule has 0 amide bonds. The van der Waals surface area contributed by atoms with Gasteiger partial charge in [0.05, 0.1) is 21.2 Å². The Kier molecular flexibility index (Phi) is 2.10. The second-order valence-corrected chi connectivity index (χ2v) is 3.63. The van der Waals surface area contributed by atoms with Gasteiger partial charge in [0.2, 0.25) is 0 Å². The molecule has 1 aromatic carbocycles. The Bertz CT molecular complexity index is 543. The average molecular weight is 248 g/mol. The summed E-state index contributed by atoms with van der Waals surface area (Å²) >= 11 is 3.33. The third-order valence-electron chi connectivity index (χ3n) is 1.99. The number of hydrogen-bond donors (Lipinski definition) is 1. The quantitative estimate of drug-likeness (QED) is 0.728. The Hall–Kier alpha value is -1.60. The Balaban J connectivity index is 2.94. The molecule has 3 nitrogen and oxygen atoms in total. The van der Waals surface area contributed by atoms with Crippen molar-refractivity contribution in [3.63, 3.8) is 0 Å². The maximum absolute atomic E-state index is 8.83. The topological polar surface area (TPSA) is 62.7 Å². The number of pyridine rings is 1. The molecule has 14 heavy (non-hydrogen) atoms. The molecule has 0 saturated heterocycles. The van der Waals surface area contributed by atoms with Crippen molar-refractivity contribution in [3.05, 3.63) is 34.4 Å². The van der Waals surface area contributed by atoms with E-state index in [1.54, 1.807) is 12.3 Å². The third-order valence-corrected chi connectivity index (χ3v) is 2.80. The van der Waals surface area contributed by atoms with Gasteiger partial charge < -0.3 is 5.73 Å². The first-order valence-electron chi connectivity index (χ1n) is 3.97. The van der Waals surface area contributed by atoms with Gasteiger partial charge in [-0.05, 0) is 28.1 Å². The fourth-order valence-corrected chi connectivity index (χ4v) is 1.83. The fourth-order valence-electron chi connectivity index (χ4n) is 1.29. The van der Waals surface area contributed by atoms with Gasteiger partial charge in [-0.2, -0.15) is 5.26 Å². The van der Waals surface area contributed by atoms with Crippen LogP contribution < -0.4 is 5.73 Å². The van der Waals surface area contributed by atoms with Gasteiger partial charge in [0.25, 0.3) is 0 Å². The van der Waals surface area contributed by atoms with Gasteiger partial charge in [0.15, 0.2) is 0 Å². The van der Waals surface area contributed by atoms with Crippen LogP contribution in [0.15, 0.2) is 28.9 Å². The van der Waals surface area contributed by atoms with Gasteiger partial charge in [-0.3, -0.25) is 4.98 Å². The molecule has 0 aliphatic heterocycles. The van der Waals surface area contributed by atoms with Crippen LogP contribution in [0.1, 0.15) is 5.56 Å². The van der Waals surface area contributed by atoms with Crippen molar-refractivity contribution in [2.45, 2.75) is 0 Å². The van der Waals surface area contributed by atoms with E-state index in [0.717, 1.165) is 10.9 Å². The summed E-state index contributed by atoms with van der Waals surface area (Å²) in [5.41, 5.74) is 7.44. The van der Waals surface area contributed by atoms with E-state index in [2.05, 4.69) is 20.9 Å². The second kappa shape index (κ2) is 3.28. The Morgan fingerprint density at radius 1 is 1.50 bits per heavy atom. The first-order chi connectivity index (χ1) is 6.74. The van der Waals surface area contributed by atoms with E-state index in [9.17, 15) is 0 Å². The molecule has 0 fully saturated rings. The summed E-state index contributed by atoms with van der Waals surface area (Å²) in [7, 11) is 0. The van der Waals surface area contributed by atoms with E-state index in [0.29, 0.717) is 15.7 Å². The Morgan fingerprint density at radius 3 is 3.00 bits per heavy atom. The highest BCUT2D eigenvalue weighted by molar-refractivity contribution is 9.10. The summed E-state index contributed by atoms with van der Waals surface area (Å²) in [5.74, 6) is 0. The molecule has 2 N–H and O–H groups in total.